The first kappa shape index (κ1) is 25.0. The molecule has 0 spiro atoms. The van der Waals surface area contributed by atoms with Gasteiger partial charge in [0.25, 0.3) is 5.91 Å². The van der Waals surface area contributed by atoms with Crippen LogP contribution in [0.5, 0.6) is 5.75 Å². The van der Waals surface area contributed by atoms with E-state index in [0.717, 1.165) is 34.1 Å². The van der Waals surface area contributed by atoms with Gasteiger partial charge >= 0.3 is 0 Å². The standard InChI is InChI=1S/C27H33N3O4S/c1-28-24(31)11-12-30(16-18-7-5-4-6-8-18)27(33)23-14-20-13-21(34-3)15-22(26(20)35-23)19-9-10-25(32)29(2)17-19/h9-10,13-15,17-18H,4-8,11-12,16H2,1-3H3,(H,28,31). The number of thiophene rings is 1. The highest BCUT2D eigenvalue weighted by atomic mass is 32.1. The molecule has 0 unspecified atom stereocenters. The molecule has 0 radical (unpaired) electrons. The minimum Gasteiger partial charge on any atom is -0.497 e. The fourth-order valence-electron chi connectivity index (χ4n) is 4.79. The molecular weight excluding hydrogens is 462 g/mol. The molecule has 2 aromatic heterocycles. The molecule has 8 heteroatoms. The number of benzene rings is 1. The molecular formula is C27H33N3O4S. The lowest BCUT2D eigenvalue weighted by atomic mass is 9.89. The predicted octanol–water partition coefficient (Wildman–Crippen LogP) is 4.43. The van der Waals surface area contributed by atoms with Crippen LogP contribution in [0.25, 0.3) is 21.2 Å². The van der Waals surface area contributed by atoms with Crippen LogP contribution in [0.1, 0.15) is 48.2 Å². The minimum absolute atomic E-state index is 0.0361. The Kier molecular flexibility index (Phi) is 7.90. The van der Waals surface area contributed by atoms with E-state index in [9.17, 15) is 14.4 Å². The number of pyridine rings is 1. The maximum atomic E-state index is 13.7. The molecule has 1 aliphatic carbocycles. The Morgan fingerprint density at radius 1 is 1.17 bits per heavy atom. The summed E-state index contributed by atoms with van der Waals surface area (Å²) in [5, 5.41) is 3.58. The third-order valence-electron chi connectivity index (χ3n) is 6.81. The first-order chi connectivity index (χ1) is 16.9. The second kappa shape index (κ2) is 11.1. The molecule has 35 heavy (non-hydrogen) atoms. The van der Waals surface area contributed by atoms with Crippen molar-refractivity contribution in [3.63, 3.8) is 0 Å². The van der Waals surface area contributed by atoms with Crippen LogP contribution < -0.4 is 15.6 Å². The number of hydrogen-bond donors (Lipinski definition) is 1. The summed E-state index contributed by atoms with van der Waals surface area (Å²) in [6.07, 6.45) is 8.01. The van der Waals surface area contributed by atoms with Crippen LogP contribution in [0.2, 0.25) is 0 Å². The Morgan fingerprint density at radius 3 is 2.63 bits per heavy atom. The van der Waals surface area contributed by atoms with Crippen molar-refractivity contribution in [1.82, 2.24) is 14.8 Å². The van der Waals surface area contributed by atoms with Crippen molar-refractivity contribution < 1.29 is 14.3 Å². The molecule has 2 heterocycles. The van der Waals surface area contributed by atoms with Crippen molar-refractivity contribution >= 4 is 33.2 Å². The van der Waals surface area contributed by atoms with Gasteiger partial charge in [0.1, 0.15) is 5.75 Å². The topological polar surface area (TPSA) is 80.6 Å². The Hall–Kier alpha value is -3.13. The second-order valence-corrected chi connectivity index (χ2v) is 10.3. The van der Waals surface area contributed by atoms with E-state index in [1.807, 2.05) is 23.1 Å². The molecule has 1 fully saturated rings. The van der Waals surface area contributed by atoms with E-state index in [-0.39, 0.29) is 23.8 Å². The smallest absolute Gasteiger partial charge is 0.263 e. The molecule has 2 amide bonds. The summed E-state index contributed by atoms with van der Waals surface area (Å²) in [4.78, 5) is 40.1. The van der Waals surface area contributed by atoms with Crippen molar-refractivity contribution in [2.75, 3.05) is 27.2 Å². The van der Waals surface area contributed by atoms with Crippen molar-refractivity contribution in [2.24, 2.45) is 13.0 Å². The molecule has 0 aliphatic heterocycles. The minimum atomic E-state index is -0.0793. The summed E-state index contributed by atoms with van der Waals surface area (Å²) in [6.45, 7) is 1.08. The Balaban J connectivity index is 1.70. The monoisotopic (exact) mass is 495 g/mol. The van der Waals surface area contributed by atoms with Crippen molar-refractivity contribution in [3.05, 3.63) is 51.8 Å². The Bertz CT molecular complexity index is 1270. The highest BCUT2D eigenvalue weighted by Gasteiger charge is 2.24. The van der Waals surface area contributed by atoms with Gasteiger partial charge in [0.15, 0.2) is 0 Å². The lowest BCUT2D eigenvalue weighted by Gasteiger charge is -2.29. The van der Waals surface area contributed by atoms with Crippen LogP contribution in [0, 0.1) is 5.92 Å². The molecule has 3 aromatic rings. The molecule has 1 saturated carbocycles. The second-order valence-electron chi connectivity index (χ2n) is 9.25. The van der Waals surface area contributed by atoms with Gasteiger partial charge in [-0.1, -0.05) is 19.3 Å². The maximum absolute atomic E-state index is 13.7. The zero-order chi connectivity index (χ0) is 24.9. The number of methoxy groups -OCH3 is 1. The predicted molar refractivity (Wildman–Crippen MR) is 140 cm³/mol. The molecule has 1 aromatic carbocycles. The fourth-order valence-corrected chi connectivity index (χ4v) is 5.94. The van der Waals surface area contributed by atoms with Crippen LogP contribution in [0.3, 0.4) is 0 Å². The number of nitrogens with zero attached hydrogens (tertiary/aromatic N) is 2. The van der Waals surface area contributed by atoms with Gasteiger partial charge in [0.2, 0.25) is 11.5 Å². The number of aromatic nitrogens is 1. The molecule has 4 rings (SSSR count). The number of carbonyl (C=O) groups excluding carboxylic acids is 2. The molecule has 1 aliphatic rings. The molecule has 0 bridgehead atoms. The number of hydrogen-bond acceptors (Lipinski definition) is 5. The van der Waals surface area contributed by atoms with Crippen molar-refractivity contribution in [3.8, 4) is 16.9 Å². The lowest BCUT2D eigenvalue weighted by Crippen LogP contribution is -2.38. The van der Waals surface area contributed by atoms with Gasteiger partial charge in [-0.2, -0.15) is 0 Å². The first-order valence-corrected chi connectivity index (χ1v) is 13.0. The number of rotatable bonds is 8. The average Bonchev–Trinajstić information content (AvgIpc) is 3.31. The zero-order valence-electron chi connectivity index (χ0n) is 20.6. The molecule has 7 nitrogen and oxygen atoms in total. The number of aryl methyl sites for hydroxylation is 1. The van der Waals surface area contributed by atoms with Crippen LogP contribution in [-0.4, -0.2) is 48.5 Å². The fraction of sp³-hybridized carbons (Fsp3) is 0.444. The van der Waals surface area contributed by atoms with E-state index in [1.54, 1.807) is 44.1 Å². The van der Waals surface area contributed by atoms with Gasteiger partial charge in [-0.25, -0.2) is 0 Å². The molecule has 0 saturated heterocycles. The normalized spacial score (nSPS) is 14.1. The SMILES string of the molecule is CNC(=O)CCN(CC1CCCCC1)C(=O)c1cc2cc(OC)cc(-c3ccc(=O)n(C)c3)c2s1. The summed E-state index contributed by atoms with van der Waals surface area (Å²) in [5.74, 6) is 1.07. The summed E-state index contributed by atoms with van der Waals surface area (Å²) in [7, 11) is 4.97. The number of ether oxygens (including phenoxy) is 1. The summed E-state index contributed by atoms with van der Waals surface area (Å²) in [5.41, 5.74) is 1.73. The highest BCUT2D eigenvalue weighted by molar-refractivity contribution is 7.21. The van der Waals surface area contributed by atoms with Crippen molar-refractivity contribution in [1.29, 1.82) is 0 Å². The van der Waals surface area contributed by atoms with E-state index in [2.05, 4.69) is 5.32 Å². The molecule has 1 N–H and O–H groups in total. The average molecular weight is 496 g/mol. The van der Waals surface area contributed by atoms with Gasteiger partial charge in [-0.05, 0) is 54.0 Å². The van der Waals surface area contributed by atoms with Crippen LogP contribution in [0.4, 0.5) is 0 Å². The van der Waals surface area contributed by atoms with E-state index < -0.39 is 0 Å². The largest absolute Gasteiger partial charge is 0.497 e. The van der Waals surface area contributed by atoms with E-state index in [0.29, 0.717) is 29.6 Å². The lowest BCUT2D eigenvalue weighted by molar-refractivity contribution is -0.120. The highest BCUT2D eigenvalue weighted by Crippen LogP contribution is 2.38. The zero-order valence-corrected chi connectivity index (χ0v) is 21.5. The van der Waals surface area contributed by atoms with E-state index >= 15 is 0 Å². The third-order valence-corrected chi connectivity index (χ3v) is 7.98. The maximum Gasteiger partial charge on any atom is 0.263 e. The van der Waals surface area contributed by atoms with Crippen molar-refractivity contribution in [2.45, 2.75) is 38.5 Å². The Labute approximate surface area is 209 Å². The first-order valence-electron chi connectivity index (χ1n) is 12.2. The Morgan fingerprint density at radius 2 is 1.94 bits per heavy atom. The molecule has 0 atom stereocenters. The van der Waals surface area contributed by atoms with Gasteiger partial charge in [0, 0.05) is 56.1 Å². The molecule has 186 valence electrons. The van der Waals surface area contributed by atoms with E-state index in [4.69, 9.17) is 4.74 Å². The third kappa shape index (κ3) is 5.75. The summed E-state index contributed by atoms with van der Waals surface area (Å²) >= 11 is 1.45. The number of fused-ring (bicyclic) bond motifs is 1. The van der Waals surface area contributed by atoms with Gasteiger partial charge in [0.05, 0.1) is 12.0 Å². The van der Waals surface area contributed by atoms with Gasteiger partial charge < -0.3 is 19.5 Å². The summed E-state index contributed by atoms with van der Waals surface area (Å²) in [6, 6.07) is 9.15. The van der Waals surface area contributed by atoms with Crippen LogP contribution in [0.15, 0.2) is 41.3 Å². The van der Waals surface area contributed by atoms with Gasteiger partial charge in [-0.15, -0.1) is 11.3 Å². The van der Waals surface area contributed by atoms with Crippen LogP contribution >= 0.6 is 11.3 Å². The number of carbonyl (C=O) groups is 2. The van der Waals surface area contributed by atoms with Gasteiger partial charge in [-0.3, -0.25) is 14.4 Å². The number of nitrogens with one attached hydrogen (secondary N) is 1. The van der Waals surface area contributed by atoms with Crippen LogP contribution in [-0.2, 0) is 11.8 Å². The quantitative estimate of drug-likeness (QED) is 0.501. The van der Waals surface area contributed by atoms with E-state index in [1.165, 1.54) is 30.6 Å². The number of amides is 2. The summed E-state index contributed by atoms with van der Waals surface area (Å²) < 4.78 is 8.05.